The van der Waals surface area contributed by atoms with E-state index in [1.54, 1.807) is 12.1 Å². The number of benzene rings is 2. The van der Waals surface area contributed by atoms with Crippen molar-refractivity contribution in [3.8, 4) is 5.75 Å². The number of carbonyl (C=O) groups excluding carboxylic acids is 1. The first-order valence-electron chi connectivity index (χ1n) is 11.5. The van der Waals surface area contributed by atoms with Crippen molar-refractivity contribution in [2.45, 2.75) is 20.5 Å². The average Bonchev–Trinajstić information content (AvgIpc) is 3.29. The molecule has 1 N–H and O–H groups in total. The van der Waals surface area contributed by atoms with Gasteiger partial charge in [-0.05, 0) is 73.5 Å². The predicted molar refractivity (Wildman–Crippen MR) is 133 cm³/mol. The van der Waals surface area contributed by atoms with Crippen molar-refractivity contribution in [3.05, 3.63) is 89.4 Å². The van der Waals surface area contributed by atoms with Crippen molar-refractivity contribution in [2.24, 2.45) is 0 Å². The Balaban J connectivity index is 1.20. The number of aromatic nitrogens is 2. The molecule has 0 spiro atoms. The van der Waals surface area contributed by atoms with E-state index >= 15 is 0 Å². The van der Waals surface area contributed by atoms with Gasteiger partial charge < -0.3 is 24.1 Å². The normalized spacial score (nSPS) is 13.8. The molecular formula is C27H28N4O3. The number of pyridine rings is 1. The number of hydrogen-bond donors (Lipinski definition) is 1. The molecular weight excluding hydrogens is 428 g/mol. The molecule has 7 heteroatoms. The Morgan fingerprint density at radius 2 is 1.85 bits per heavy atom. The fourth-order valence-electron chi connectivity index (χ4n) is 4.13. The Labute approximate surface area is 198 Å². The van der Waals surface area contributed by atoms with E-state index in [1.807, 2.05) is 67.0 Å². The Kier molecular flexibility index (Phi) is 6.18. The highest BCUT2D eigenvalue weighted by Gasteiger charge is 2.14. The van der Waals surface area contributed by atoms with Gasteiger partial charge in [0.25, 0.3) is 5.91 Å². The van der Waals surface area contributed by atoms with Gasteiger partial charge in [0.15, 0.2) is 0 Å². The number of carbonyl (C=O) groups is 1. The number of anilines is 2. The lowest BCUT2D eigenvalue weighted by atomic mass is 10.1. The Hall–Kier alpha value is -3.84. The maximum Gasteiger partial charge on any atom is 0.255 e. The van der Waals surface area contributed by atoms with Crippen LogP contribution in [-0.4, -0.2) is 41.6 Å². The summed E-state index contributed by atoms with van der Waals surface area (Å²) in [6.07, 6.45) is 3.95. The first-order chi connectivity index (χ1) is 16.6. The molecule has 0 bridgehead atoms. The lowest BCUT2D eigenvalue weighted by Crippen LogP contribution is -2.36. The van der Waals surface area contributed by atoms with E-state index in [2.05, 4.69) is 21.3 Å². The maximum atomic E-state index is 12.8. The second-order valence-electron chi connectivity index (χ2n) is 8.52. The van der Waals surface area contributed by atoms with Gasteiger partial charge in [0.2, 0.25) is 0 Å². The molecule has 1 amide bonds. The molecule has 3 heterocycles. The van der Waals surface area contributed by atoms with Crippen molar-refractivity contribution in [1.82, 2.24) is 9.38 Å². The molecule has 174 valence electrons. The summed E-state index contributed by atoms with van der Waals surface area (Å²) in [6, 6.07) is 17.3. The monoisotopic (exact) mass is 456 g/mol. The van der Waals surface area contributed by atoms with Gasteiger partial charge in [0.1, 0.15) is 18.0 Å². The number of morpholine rings is 1. The van der Waals surface area contributed by atoms with Crippen molar-refractivity contribution in [1.29, 1.82) is 0 Å². The molecule has 7 nitrogen and oxygen atoms in total. The minimum absolute atomic E-state index is 0.149. The van der Waals surface area contributed by atoms with E-state index in [0.29, 0.717) is 17.9 Å². The topological polar surface area (TPSA) is 68.1 Å². The van der Waals surface area contributed by atoms with Crippen molar-refractivity contribution in [3.63, 3.8) is 0 Å². The van der Waals surface area contributed by atoms with Crippen molar-refractivity contribution >= 4 is 22.9 Å². The van der Waals surface area contributed by atoms with Crippen LogP contribution in [0.2, 0.25) is 0 Å². The molecule has 0 aliphatic carbocycles. The summed E-state index contributed by atoms with van der Waals surface area (Å²) in [5.41, 5.74) is 6.47. The van der Waals surface area contributed by atoms with Crippen LogP contribution in [0.15, 0.2) is 67.0 Å². The summed E-state index contributed by atoms with van der Waals surface area (Å²) in [7, 11) is 0. The molecule has 1 fully saturated rings. The molecule has 0 unspecified atom stereocenters. The Bertz CT molecular complexity index is 1310. The van der Waals surface area contributed by atoms with Crippen molar-refractivity contribution in [2.75, 3.05) is 36.5 Å². The molecule has 0 radical (unpaired) electrons. The fourth-order valence-corrected chi connectivity index (χ4v) is 4.13. The van der Waals surface area contributed by atoms with Crippen LogP contribution >= 0.6 is 0 Å². The molecule has 1 aliphatic rings. The molecule has 2 aromatic carbocycles. The van der Waals surface area contributed by atoms with E-state index in [9.17, 15) is 4.79 Å². The number of amides is 1. The van der Waals surface area contributed by atoms with Gasteiger partial charge in [-0.3, -0.25) is 4.79 Å². The number of imidazole rings is 1. The molecule has 1 aliphatic heterocycles. The van der Waals surface area contributed by atoms with Gasteiger partial charge in [-0.2, -0.15) is 0 Å². The predicted octanol–water partition coefficient (Wildman–Crippen LogP) is 4.62. The second kappa shape index (κ2) is 9.57. The Morgan fingerprint density at radius 1 is 1.06 bits per heavy atom. The highest BCUT2D eigenvalue weighted by Crippen LogP contribution is 2.24. The Morgan fingerprint density at radius 3 is 2.59 bits per heavy atom. The van der Waals surface area contributed by atoms with Crippen LogP contribution in [0, 0.1) is 13.8 Å². The van der Waals surface area contributed by atoms with Crippen molar-refractivity contribution < 1.29 is 14.3 Å². The third-order valence-corrected chi connectivity index (χ3v) is 6.07. The van der Waals surface area contributed by atoms with E-state index in [1.165, 1.54) is 0 Å². The number of nitrogens with zero attached hydrogens (tertiary/aromatic N) is 3. The lowest BCUT2D eigenvalue weighted by molar-refractivity contribution is 0.102. The molecule has 34 heavy (non-hydrogen) atoms. The van der Waals surface area contributed by atoms with Crippen LogP contribution in [0.4, 0.5) is 11.4 Å². The summed E-state index contributed by atoms with van der Waals surface area (Å²) in [4.78, 5) is 19.7. The molecule has 4 aromatic rings. The lowest BCUT2D eigenvalue weighted by Gasteiger charge is -2.29. The zero-order valence-corrected chi connectivity index (χ0v) is 19.5. The first kappa shape index (κ1) is 22.0. The van der Waals surface area contributed by atoms with Gasteiger partial charge in [-0.25, -0.2) is 4.98 Å². The van der Waals surface area contributed by atoms with Gasteiger partial charge in [0.05, 0.1) is 18.9 Å². The SMILES string of the molecule is Cc1cc(N2CCOCC2)ccc1NC(=O)c1ccc(OCc2cn3cccc(C)c3n2)cc1. The van der Waals surface area contributed by atoms with Gasteiger partial charge in [0, 0.05) is 42.4 Å². The standard InChI is InChI=1S/C27H28N4O3/c1-19-4-3-11-31-17-22(28-26(19)31)18-34-24-8-5-21(6-9-24)27(32)29-25-10-7-23(16-20(25)2)30-12-14-33-15-13-30/h3-11,16-17H,12-15,18H2,1-2H3,(H,29,32). The van der Waals surface area contributed by atoms with Crippen LogP contribution in [-0.2, 0) is 11.3 Å². The molecule has 1 saturated heterocycles. The molecule has 0 saturated carbocycles. The minimum atomic E-state index is -0.149. The van der Waals surface area contributed by atoms with Gasteiger partial charge in [-0.15, -0.1) is 0 Å². The summed E-state index contributed by atoms with van der Waals surface area (Å²) in [5, 5.41) is 3.02. The van der Waals surface area contributed by atoms with Crippen LogP contribution in [0.5, 0.6) is 5.75 Å². The smallest absolute Gasteiger partial charge is 0.255 e. The third-order valence-electron chi connectivity index (χ3n) is 6.07. The van der Waals surface area contributed by atoms with E-state index < -0.39 is 0 Å². The number of aryl methyl sites for hydroxylation is 2. The zero-order chi connectivity index (χ0) is 23.5. The van der Waals surface area contributed by atoms with Crippen LogP contribution in [0.25, 0.3) is 5.65 Å². The summed E-state index contributed by atoms with van der Waals surface area (Å²) in [6.45, 7) is 7.67. The number of rotatable bonds is 6. The van der Waals surface area contributed by atoms with Crippen LogP contribution < -0.4 is 15.0 Å². The summed E-state index contributed by atoms with van der Waals surface area (Å²) in [5.74, 6) is 0.543. The number of nitrogens with one attached hydrogen (secondary N) is 1. The van der Waals surface area contributed by atoms with Crippen LogP contribution in [0.1, 0.15) is 27.2 Å². The largest absolute Gasteiger partial charge is 0.487 e. The van der Waals surface area contributed by atoms with Gasteiger partial charge >= 0.3 is 0 Å². The third kappa shape index (κ3) is 4.75. The maximum absolute atomic E-state index is 12.8. The highest BCUT2D eigenvalue weighted by molar-refractivity contribution is 6.04. The second-order valence-corrected chi connectivity index (χ2v) is 8.52. The molecule has 5 rings (SSSR count). The highest BCUT2D eigenvalue weighted by atomic mass is 16.5. The van der Waals surface area contributed by atoms with E-state index in [0.717, 1.165) is 60.1 Å². The minimum Gasteiger partial charge on any atom is -0.487 e. The zero-order valence-electron chi connectivity index (χ0n) is 19.5. The quantitative estimate of drug-likeness (QED) is 0.459. The average molecular weight is 457 g/mol. The van der Waals surface area contributed by atoms with Crippen LogP contribution in [0.3, 0.4) is 0 Å². The van der Waals surface area contributed by atoms with E-state index in [4.69, 9.17) is 9.47 Å². The number of hydrogen-bond acceptors (Lipinski definition) is 5. The first-order valence-corrected chi connectivity index (χ1v) is 11.5. The number of ether oxygens (including phenoxy) is 2. The number of fused-ring (bicyclic) bond motifs is 1. The van der Waals surface area contributed by atoms with Gasteiger partial charge in [-0.1, -0.05) is 6.07 Å². The fraction of sp³-hybridized carbons (Fsp3) is 0.259. The summed E-state index contributed by atoms with van der Waals surface area (Å²) >= 11 is 0. The molecule has 2 aromatic heterocycles. The van der Waals surface area contributed by atoms with E-state index in [-0.39, 0.29) is 5.91 Å². The summed E-state index contributed by atoms with van der Waals surface area (Å²) < 4.78 is 13.3. The molecule has 0 atom stereocenters.